The monoisotopic (exact) mass is 309 g/mol. The molecule has 2 aromatic rings. The van der Waals surface area contributed by atoms with E-state index in [-0.39, 0.29) is 16.4 Å². The third-order valence-electron chi connectivity index (χ3n) is 3.20. The zero-order valence-electron chi connectivity index (χ0n) is 12.2. The van der Waals surface area contributed by atoms with E-state index in [0.717, 1.165) is 6.54 Å². The Bertz CT molecular complexity index is 667. The minimum Gasteiger partial charge on any atom is -0.308 e. The van der Waals surface area contributed by atoms with Gasteiger partial charge in [-0.2, -0.15) is 5.10 Å². The van der Waals surface area contributed by atoms with Gasteiger partial charge in [0.05, 0.1) is 17.8 Å². The predicted molar refractivity (Wildman–Crippen MR) is 80.4 cm³/mol. The zero-order chi connectivity index (χ0) is 15.6. The normalized spacial score (nSPS) is 11.1. The lowest BCUT2D eigenvalue weighted by Gasteiger charge is -2.12. The average Bonchev–Trinajstić information content (AvgIpc) is 2.80. The second kappa shape index (κ2) is 6.37. The number of hydrogen-bond donors (Lipinski definition) is 0. The summed E-state index contributed by atoms with van der Waals surface area (Å²) in [6.45, 7) is 2.91. The molecule has 0 aliphatic heterocycles. The first-order valence-corrected chi connectivity index (χ1v) is 6.95. The summed E-state index contributed by atoms with van der Waals surface area (Å²) in [7, 11) is 3.86. The van der Waals surface area contributed by atoms with E-state index in [1.165, 1.54) is 12.3 Å². The molecule has 0 saturated carbocycles. The van der Waals surface area contributed by atoms with E-state index in [1.807, 2.05) is 19.0 Å². The molecule has 0 amide bonds. The molecule has 0 fully saturated rings. The predicted octanol–water partition coefficient (Wildman–Crippen LogP) is 2.78. The first-order valence-electron chi connectivity index (χ1n) is 6.57. The Labute approximate surface area is 128 Å². The Morgan fingerprint density at radius 1 is 1.43 bits per heavy atom. The third-order valence-corrected chi connectivity index (χ3v) is 3.48. The first kappa shape index (κ1) is 15.7. The van der Waals surface area contributed by atoms with Crippen LogP contribution in [0, 0.1) is 12.7 Å². The van der Waals surface area contributed by atoms with Crippen LogP contribution in [0.1, 0.15) is 21.6 Å². The number of carbonyl (C=O) groups excluding carboxylic acids is 1. The number of likely N-dealkylation sites (N-methyl/N-ethyl adjacent to an activating group) is 1. The molecule has 0 saturated heterocycles. The molecule has 1 aromatic carbocycles. The number of aromatic nitrogens is 2. The molecule has 0 aliphatic carbocycles. The number of halogens is 2. The van der Waals surface area contributed by atoms with E-state index in [1.54, 1.807) is 23.7 Å². The summed E-state index contributed by atoms with van der Waals surface area (Å²) in [4.78, 5) is 14.5. The maximum Gasteiger partial charge on any atom is 0.212 e. The molecule has 4 nitrogen and oxygen atoms in total. The Balaban J connectivity index is 2.34. The van der Waals surface area contributed by atoms with Crippen LogP contribution in [0.5, 0.6) is 0 Å². The quantitative estimate of drug-likeness (QED) is 0.797. The highest BCUT2D eigenvalue weighted by atomic mass is 35.5. The van der Waals surface area contributed by atoms with Crippen molar-refractivity contribution in [2.75, 3.05) is 20.6 Å². The van der Waals surface area contributed by atoms with Gasteiger partial charge in [0.25, 0.3) is 0 Å². The molecule has 0 atom stereocenters. The van der Waals surface area contributed by atoms with Gasteiger partial charge in [-0.1, -0.05) is 23.7 Å². The fourth-order valence-electron chi connectivity index (χ4n) is 1.92. The standard InChI is InChI=1S/C15H17ClFN3O/c1-10-4-5-11(8-13(10)17)15(21)14-12(16)9-18-20(14)7-6-19(2)3/h4-5,8-9H,6-7H2,1-3H3. The van der Waals surface area contributed by atoms with Gasteiger partial charge in [0.15, 0.2) is 0 Å². The van der Waals surface area contributed by atoms with Crippen molar-refractivity contribution in [1.29, 1.82) is 0 Å². The Kier molecular flexibility index (Phi) is 4.75. The molecular formula is C15H17ClFN3O. The van der Waals surface area contributed by atoms with Crippen molar-refractivity contribution in [3.05, 3.63) is 52.1 Å². The van der Waals surface area contributed by atoms with Gasteiger partial charge in [-0.05, 0) is 32.6 Å². The van der Waals surface area contributed by atoms with Gasteiger partial charge in [-0.15, -0.1) is 0 Å². The number of hydrogen-bond acceptors (Lipinski definition) is 3. The van der Waals surface area contributed by atoms with Gasteiger partial charge in [0, 0.05) is 12.1 Å². The van der Waals surface area contributed by atoms with Gasteiger partial charge in [-0.3, -0.25) is 9.48 Å². The van der Waals surface area contributed by atoms with Crippen LogP contribution in [-0.2, 0) is 6.54 Å². The van der Waals surface area contributed by atoms with Gasteiger partial charge in [-0.25, -0.2) is 4.39 Å². The second-order valence-corrected chi connectivity index (χ2v) is 5.57. The fourth-order valence-corrected chi connectivity index (χ4v) is 2.15. The number of carbonyl (C=O) groups is 1. The minimum absolute atomic E-state index is 0.270. The SMILES string of the molecule is Cc1ccc(C(=O)c2c(Cl)cnn2CCN(C)C)cc1F. The maximum absolute atomic E-state index is 13.6. The highest BCUT2D eigenvalue weighted by molar-refractivity contribution is 6.34. The lowest BCUT2D eigenvalue weighted by Crippen LogP contribution is -2.21. The lowest BCUT2D eigenvalue weighted by atomic mass is 10.1. The van der Waals surface area contributed by atoms with E-state index in [4.69, 9.17) is 11.6 Å². The molecule has 0 bridgehead atoms. The van der Waals surface area contributed by atoms with Crippen molar-refractivity contribution in [3.8, 4) is 0 Å². The molecule has 0 unspecified atom stereocenters. The minimum atomic E-state index is -0.406. The highest BCUT2D eigenvalue weighted by Crippen LogP contribution is 2.20. The van der Waals surface area contributed by atoms with Crippen LogP contribution in [0.2, 0.25) is 5.02 Å². The van der Waals surface area contributed by atoms with Crippen LogP contribution >= 0.6 is 11.6 Å². The van der Waals surface area contributed by atoms with Gasteiger partial charge >= 0.3 is 0 Å². The van der Waals surface area contributed by atoms with E-state index in [9.17, 15) is 9.18 Å². The summed E-state index contributed by atoms with van der Waals surface area (Å²) < 4.78 is 15.2. The van der Waals surface area contributed by atoms with Crippen molar-refractivity contribution < 1.29 is 9.18 Å². The smallest absolute Gasteiger partial charge is 0.212 e. The van der Waals surface area contributed by atoms with E-state index >= 15 is 0 Å². The van der Waals surface area contributed by atoms with Crippen molar-refractivity contribution in [2.45, 2.75) is 13.5 Å². The third kappa shape index (κ3) is 3.49. The van der Waals surface area contributed by atoms with E-state index in [2.05, 4.69) is 5.10 Å². The number of nitrogens with zero attached hydrogens (tertiary/aromatic N) is 3. The van der Waals surface area contributed by atoms with Crippen LogP contribution < -0.4 is 0 Å². The zero-order valence-corrected chi connectivity index (χ0v) is 13.0. The maximum atomic E-state index is 13.6. The summed E-state index contributed by atoms with van der Waals surface area (Å²) in [6.07, 6.45) is 1.44. The number of ketones is 1. The molecule has 112 valence electrons. The van der Waals surface area contributed by atoms with Crippen molar-refractivity contribution in [3.63, 3.8) is 0 Å². The number of rotatable bonds is 5. The summed E-state index contributed by atoms with van der Waals surface area (Å²) in [5.74, 6) is -0.730. The van der Waals surface area contributed by atoms with Crippen LogP contribution in [-0.4, -0.2) is 41.1 Å². The Hall–Kier alpha value is -1.72. The molecule has 0 radical (unpaired) electrons. The van der Waals surface area contributed by atoms with E-state index in [0.29, 0.717) is 17.8 Å². The summed E-state index contributed by atoms with van der Waals surface area (Å²) in [6, 6.07) is 4.41. The van der Waals surface area contributed by atoms with Crippen LogP contribution in [0.4, 0.5) is 4.39 Å². The first-order chi connectivity index (χ1) is 9.90. The second-order valence-electron chi connectivity index (χ2n) is 5.16. The topological polar surface area (TPSA) is 38.1 Å². The van der Waals surface area contributed by atoms with Gasteiger partial charge in [0.1, 0.15) is 11.5 Å². The molecule has 2 rings (SSSR count). The summed E-state index contributed by atoms with van der Waals surface area (Å²) in [5.41, 5.74) is 1.06. The van der Waals surface area contributed by atoms with Crippen molar-refractivity contribution in [2.24, 2.45) is 0 Å². The van der Waals surface area contributed by atoms with Crippen LogP contribution in [0.25, 0.3) is 0 Å². The van der Waals surface area contributed by atoms with Crippen LogP contribution in [0.3, 0.4) is 0 Å². The molecule has 1 heterocycles. The molecule has 6 heteroatoms. The lowest BCUT2D eigenvalue weighted by molar-refractivity contribution is 0.102. The molecule has 0 spiro atoms. The van der Waals surface area contributed by atoms with Crippen LogP contribution in [0.15, 0.2) is 24.4 Å². The number of aryl methyl sites for hydroxylation is 1. The molecule has 0 N–H and O–H groups in total. The molecule has 21 heavy (non-hydrogen) atoms. The number of benzene rings is 1. The largest absolute Gasteiger partial charge is 0.308 e. The Morgan fingerprint density at radius 2 is 2.14 bits per heavy atom. The summed E-state index contributed by atoms with van der Waals surface area (Å²) >= 11 is 6.06. The fraction of sp³-hybridized carbons (Fsp3) is 0.333. The van der Waals surface area contributed by atoms with Crippen molar-refractivity contribution >= 4 is 17.4 Å². The Morgan fingerprint density at radius 3 is 2.76 bits per heavy atom. The van der Waals surface area contributed by atoms with Gasteiger partial charge in [0.2, 0.25) is 5.78 Å². The van der Waals surface area contributed by atoms with E-state index < -0.39 is 5.82 Å². The molecular weight excluding hydrogens is 293 g/mol. The average molecular weight is 310 g/mol. The molecule has 0 aliphatic rings. The highest BCUT2D eigenvalue weighted by Gasteiger charge is 2.20. The molecule has 1 aromatic heterocycles. The van der Waals surface area contributed by atoms with Crippen molar-refractivity contribution in [1.82, 2.24) is 14.7 Å². The summed E-state index contributed by atoms with van der Waals surface area (Å²) in [5, 5.41) is 4.40. The van der Waals surface area contributed by atoms with Gasteiger partial charge < -0.3 is 4.90 Å².